The minimum Gasteiger partial charge on any atom is -0.389 e. The Morgan fingerprint density at radius 1 is 1.41 bits per heavy atom. The van der Waals surface area contributed by atoms with Gasteiger partial charge in [0.15, 0.2) is 0 Å². The number of hydrogen-bond acceptors (Lipinski definition) is 3. The number of rotatable bonds is 6. The van der Waals surface area contributed by atoms with E-state index in [1.54, 1.807) is 7.11 Å². The largest absolute Gasteiger partial charge is 0.389 e. The fraction of sp³-hybridized carbons (Fsp3) is 1.00. The fourth-order valence-electron chi connectivity index (χ4n) is 2.63. The summed E-state index contributed by atoms with van der Waals surface area (Å²) in [4.78, 5) is 0. The molecule has 17 heavy (non-hydrogen) atoms. The lowest BCUT2D eigenvalue weighted by atomic mass is 9.73. The molecule has 0 aromatic heterocycles. The predicted octanol–water partition coefficient (Wildman–Crippen LogP) is 2.33. The molecule has 2 atom stereocenters. The standard InChI is InChI=1S/C14H29NO2/c1-13(2)8-6-5-7-12(13)15-11-14(3,16)9-10-17-4/h12,15-16H,5-11H2,1-4H3. The first-order chi connectivity index (χ1) is 7.87. The maximum atomic E-state index is 10.2. The summed E-state index contributed by atoms with van der Waals surface area (Å²) in [5, 5.41) is 13.8. The van der Waals surface area contributed by atoms with E-state index < -0.39 is 5.60 Å². The molecule has 1 saturated carbocycles. The molecule has 0 amide bonds. The summed E-state index contributed by atoms with van der Waals surface area (Å²) in [5.74, 6) is 0. The van der Waals surface area contributed by atoms with Gasteiger partial charge in [0, 0.05) is 32.7 Å². The zero-order valence-corrected chi connectivity index (χ0v) is 11.9. The number of nitrogens with one attached hydrogen (secondary N) is 1. The highest BCUT2D eigenvalue weighted by Crippen LogP contribution is 2.35. The molecule has 1 fully saturated rings. The van der Waals surface area contributed by atoms with E-state index in [9.17, 15) is 5.11 Å². The van der Waals surface area contributed by atoms with Crippen LogP contribution in [-0.4, -0.2) is 37.0 Å². The average Bonchev–Trinajstić information content (AvgIpc) is 2.24. The first-order valence-electron chi connectivity index (χ1n) is 6.82. The van der Waals surface area contributed by atoms with Crippen molar-refractivity contribution in [1.82, 2.24) is 5.32 Å². The predicted molar refractivity (Wildman–Crippen MR) is 71.2 cm³/mol. The fourth-order valence-corrected chi connectivity index (χ4v) is 2.63. The summed E-state index contributed by atoms with van der Waals surface area (Å²) in [7, 11) is 1.67. The molecule has 0 saturated heterocycles. The monoisotopic (exact) mass is 243 g/mol. The van der Waals surface area contributed by atoms with Gasteiger partial charge in [0.1, 0.15) is 0 Å². The summed E-state index contributed by atoms with van der Waals surface area (Å²) in [6.45, 7) is 7.81. The highest BCUT2D eigenvalue weighted by atomic mass is 16.5. The van der Waals surface area contributed by atoms with Crippen molar-refractivity contribution >= 4 is 0 Å². The quantitative estimate of drug-likeness (QED) is 0.752. The van der Waals surface area contributed by atoms with Crippen LogP contribution in [0.4, 0.5) is 0 Å². The van der Waals surface area contributed by atoms with Crippen molar-refractivity contribution in [2.45, 2.75) is 64.5 Å². The summed E-state index contributed by atoms with van der Waals surface area (Å²) < 4.78 is 5.02. The van der Waals surface area contributed by atoms with Crippen LogP contribution in [0.3, 0.4) is 0 Å². The summed E-state index contributed by atoms with van der Waals surface area (Å²) >= 11 is 0. The normalized spacial score (nSPS) is 27.7. The van der Waals surface area contributed by atoms with Crippen LogP contribution in [-0.2, 0) is 4.74 Å². The minimum atomic E-state index is -0.663. The van der Waals surface area contributed by atoms with Crippen LogP contribution in [0.1, 0.15) is 52.9 Å². The molecular weight excluding hydrogens is 214 g/mol. The second-order valence-corrected chi connectivity index (χ2v) is 6.41. The van der Waals surface area contributed by atoms with E-state index in [1.807, 2.05) is 6.92 Å². The molecule has 0 aromatic carbocycles. The Morgan fingerprint density at radius 2 is 2.12 bits per heavy atom. The van der Waals surface area contributed by atoms with Gasteiger partial charge in [0.25, 0.3) is 0 Å². The molecule has 102 valence electrons. The molecule has 3 nitrogen and oxygen atoms in total. The molecule has 1 rings (SSSR count). The van der Waals surface area contributed by atoms with Gasteiger partial charge in [-0.1, -0.05) is 26.7 Å². The first kappa shape index (κ1) is 14.9. The van der Waals surface area contributed by atoms with Crippen molar-refractivity contribution in [3.05, 3.63) is 0 Å². The lowest BCUT2D eigenvalue weighted by Gasteiger charge is -2.40. The van der Waals surface area contributed by atoms with E-state index >= 15 is 0 Å². The number of methoxy groups -OCH3 is 1. The molecule has 2 N–H and O–H groups in total. The van der Waals surface area contributed by atoms with E-state index in [-0.39, 0.29) is 0 Å². The van der Waals surface area contributed by atoms with E-state index in [4.69, 9.17) is 4.74 Å². The van der Waals surface area contributed by atoms with Gasteiger partial charge in [0.2, 0.25) is 0 Å². The van der Waals surface area contributed by atoms with E-state index in [2.05, 4.69) is 19.2 Å². The molecule has 0 spiro atoms. The van der Waals surface area contributed by atoms with Crippen molar-refractivity contribution in [2.24, 2.45) is 5.41 Å². The highest BCUT2D eigenvalue weighted by molar-refractivity contribution is 4.89. The topological polar surface area (TPSA) is 41.5 Å². The third kappa shape index (κ3) is 4.94. The molecule has 0 heterocycles. The first-order valence-corrected chi connectivity index (χ1v) is 6.82. The van der Waals surface area contributed by atoms with Crippen molar-refractivity contribution in [3.63, 3.8) is 0 Å². The van der Waals surface area contributed by atoms with Gasteiger partial charge < -0.3 is 15.2 Å². The summed E-state index contributed by atoms with van der Waals surface area (Å²) in [5.41, 5.74) is -0.306. The number of ether oxygens (including phenoxy) is 1. The van der Waals surface area contributed by atoms with Crippen LogP contribution in [0, 0.1) is 5.41 Å². The lowest BCUT2D eigenvalue weighted by Crippen LogP contribution is -2.50. The van der Waals surface area contributed by atoms with Gasteiger partial charge in [0.05, 0.1) is 5.60 Å². The van der Waals surface area contributed by atoms with Gasteiger partial charge in [-0.3, -0.25) is 0 Å². The van der Waals surface area contributed by atoms with Crippen molar-refractivity contribution in [2.75, 3.05) is 20.3 Å². The Morgan fingerprint density at radius 3 is 2.71 bits per heavy atom. The van der Waals surface area contributed by atoms with Crippen molar-refractivity contribution in [3.8, 4) is 0 Å². The molecule has 0 aliphatic heterocycles. The summed E-state index contributed by atoms with van der Waals surface area (Å²) in [6.07, 6.45) is 5.84. The number of aliphatic hydroxyl groups is 1. The lowest BCUT2D eigenvalue weighted by molar-refractivity contribution is 0.0159. The smallest absolute Gasteiger partial charge is 0.0765 e. The van der Waals surface area contributed by atoms with Crippen molar-refractivity contribution in [1.29, 1.82) is 0 Å². The maximum Gasteiger partial charge on any atom is 0.0765 e. The highest BCUT2D eigenvalue weighted by Gasteiger charge is 2.33. The minimum absolute atomic E-state index is 0.357. The third-order valence-electron chi connectivity index (χ3n) is 4.08. The molecule has 0 radical (unpaired) electrons. The van der Waals surface area contributed by atoms with Crippen LogP contribution in [0.2, 0.25) is 0 Å². The maximum absolute atomic E-state index is 10.2. The van der Waals surface area contributed by atoms with Crippen LogP contribution >= 0.6 is 0 Å². The molecular formula is C14H29NO2. The van der Waals surface area contributed by atoms with Gasteiger partial charge in [-0.05, 0) is 25.2 Å². The van der Waals surface area contributed by atoms with Crippen LogP contribution in [0.25, 0.3) is 0 Å². The van der Waals surface area contributed by atoms with E-state index in [1.165, 1.54) is 25.7 Å². The van der Waals surface area contributed by atoms with Gasteiger partial charge in [-0.2, -0.15) is 0 Å². The van der Waals surface area contributed by atoms with Crippen molar-refractivity contribution < 1.29 is 9.84 Å². The molecule has 0 bridgehead atoms. The molecule has 0 aromatic rings. The zero-order chi connectivity index (χ0) is 12.9. The van der Waals surface area contributed by atoms with Crippen LogP contribution < -0.4 is 5.32 Å². The molecule has 1 aliphatic rings. The molecule has 2 unspecified atom stereocenters. The van der Waals surface area contributed by atoms with Gasteiger partial charge in [-0.15, -0.1) is 0 Å². The molecule has 3 heteroatoms. The van der Waals surface area contributed by atoms with Gasteiger partial charge in [-0.25, -0.2) is 0 Å². The van der Waals surface area contributed by atoms with Gasteiger partial charge >= 0.3 is 0 Å². The zero-order valence-electron chi connectivity index (χ0n) is 11.9. The molecule has 1 aliphatic carbocycles. The Hall–Kier alpha value is -0.120. The van der Waals surface area contributed by atoms with Crippen LogP contribution in [0.15, 0.2) is 0 Å². The number of hydrogen-bond donors (Lipinski definition) is 2. The SMILES string of the molecule is COCCC(C)(O)CNC1CCCCC1(C)C. The van der Waals surface area contributed by atoms with Crippen LogP contribution in [0.5, 0.6) is 0 Å². The Balaban J connectivity index is 2.38. The second kappa shape index (κ2) is 6.17. The Labute approximate surface area is 106 Å². The summed E-state index contributed by atoms with van der Waals surface area (Å²) in [6, 6.07) is 0.533. The van der Waals surface area contributed by atoms with E-state index in [0.29, 0.717) is 31.0 Å². The second-order valence-electron chi connectivity index (χ2n) is 6.41. The van der Waals surface area contributed by atoms with E-state index in [0.717, 1.165) is 0 Å². The third-order valence-corrected chi connectivity index (χ3v) is 4.08. The average molecular weight is 243 g/mol. The Bertz CT molecular complexity index is 226. The Kier molecular flexibility index (Phi) is 5.42.